The van der Waals surface area contributed by atoms with Crippen molar-refractivity contribution < 1.29 is 9.53 Å². The molecule has 8 atom stereocenters. The summed E-state index contributed by atoms with van der Waals surface area (Å²) in [4.78, 5) is 13.5. The first-order valence-electron chi connectivity index (χ1n) is 14.1. The molecule has 0 saturated heterocycles. The molecule has 0 spiro atoms. The maximum atomic E-state index is 13.5. The van der Waals surface area contributed by atoms with Crippen LogP contribution in [0.2, 0.25) is 0 Å². The van der Waals surface area contributed by atoms with Gasteiger partial charge >= 0.3 is 0 Å². The lowest BCUT2D eigenvalue weighted by molar-refractivity contribution is -0.156. The second kappa shape index (κ2) is 9.48. The summed E-state index contributed by atoms with van der Waals surface area (Å²) in [7, 11) is 0. The average molecular weight is 451 g/mol. The zero-order chi connectivity index (χ0) is 23.1. The number of ether oxygens (including phenoxy) is 1. The van der Waals surface area contributed by atoms with Gasteiger partial charge in [-0.05, 0) is 97.3 Å². The number of benzene rings is 1. The molecule has 4 fully saturated rings. The Morgan fingerprint density at radius 2 is 1.76 bits per heavy atom. The summed E-state index contributed by atoms with van der Waals surface area (Å²) in [6, 6.07) is 10.5. The number of carbonyl (C=O) groups is 1. The van der Waals surface area contributed by atoms with E-state index in [1.54, 1.807) is 0 Å². The minimum atomic E-state index is 0.370. The molecule has 2 nitrogen and oxygen atoms in total. The molecule has 0 bridgehead atoms. The van der Waals surface area contributed by atoms with E-state index in [0.717, 1.165) is 37.9 Å². The molecule has 4 saturated carbocycles. The van der Waals surface area contributed by atoms with Crippen LogP contribution in [0.4, 0.5) is 0 Å². The highest BCUT2D eigenvalue weighted by Gasteiger charge is 2.62. The fourth-order valence-electron chi connectivity index (χ4n) is 9.41. The highest BCUT2D eigenvalue weighted by atomic mass is 16.5. The molecule has 1 aromatic carbocycles. The van der Waals surface area contributed by atoms with Gasteiger partial charge in [0.2, 0.25) is 0 Å². The van der Waals surface area contributed by atoms with E-state index < -0.39 is 0 Å². The molecule has 1 aromatic rings. The number of rotatable bonds is 7. The van der Waals surface area contributed by atoms with Gasteiger partial charge in [0.15, 0.2) is 0 Å². The molecule has 0 heterocycles. The molecule has 0 aliphatic heterocycles. The largest absolute Gasteiger partial charge is 0.377 e. The van der Waals surface area contributed by atoms with Crippen molar-refractivity contribution in [3.8, 4) is 0 Å². The van der Waals surface area contributed by atoms with Crippen molar-refractivity contribution in [1.82, 2.24) is 0 Å². The predicted octanol–water partition coefficient (Wildman–Crippen LogP) is 7.85. The van der Waals surface area contributed by atoms with Crippen molar-refractivity contribution in [2.24, 2.45) is 46.3 Å². The van der Waals surface area contributed by atoms with Gasteiger partial charge in [0.05, 0.1) is 6.61 Å². The minimum absolute atomic E-state index is 0.370. The summed E-state index contributed by atoms with van der Waals surface area (Å²) >= 11 is 0. The van der Waals surface area contributed by atoms with E-state index in [0.29, 0.717) is 40.3 Å². The zero-order valence-corrected chi connectivity index (χ0v) is 21.4. The molecule has 33 heavy (non-hydrogen) atoms. The van der Waals surface area contributed by atoms with Crippen molar-refractivity contribution >= 4 is 5.78 Å². The number of hydrogen-bond acceptors (Lipinski definition) is 2. The molecular formula is C31H46O2. The highest BCUT2D eigenvalue weighted by molar-refractivity contribution is 5.83. The van der Waals surface area contributed by atoms with E-state index in [9.17, 15) is 4.79 Å². The second-order valence-corrected chi connectivity index (χ2v) is 12.7. The number of Topliss-reactive ketones (excluding diaryl/α,β-unsaturated/α-hetero) is 1. The summed E-state index contributed by atoms with van der Waals surface area (Å²) < 4.78 is 5.97. The van der Waals surface area contributed by atoms with Gasteiger partial charge in [-0.3, -0.25) is 4.79 Å². The maximum absolute atomic E-state index is 13.5. The Balaban J connectivity index is 1.19. The molecule has 2 heteroatoms. The average Bonchev–Trinajstić information content (AvgIpc) is 3.17. The van der Waals surface area contributed by atoms with Gasteiger partial charge in [0.25, 0.3) is 0 Å². The predicted molar refractivity (Wildman–Crippen MR) is 135 cm³/mol. The Morgan fingerprint density at radius 3 is 2.58 bits per heavy atom. The van der Waals surface area contributed by atoms with Gasteiger partial charge < -0.3 is 4.74 Å². The maximum Gasteiger partial charge on any atom is 0.136 e. The molecule has 4 aliphatic rings. The summed E-state index contributed by atoms with van der Waals surface area (Å²) in [5, 5.41) is 0. The number of ketones is 1. The van der Waals surface area contributed by atoms with Gasteiger partial charge in [0.1, 0.15) is 5.78 Å². The normalized spacial score (nSPS) is 41.2. The highest BCUT2D eigenvalue weighted by Crippen LogP contribution is 2.67. The van der Waals surface area contributed by atoms with Gasteiger partial charge in [0, 0.05) is 18.9 Å². The van der Waals surface area contributed by atoms with Crippen LogP contribution in [-0.2, 0) is 16.1 Å². The Kier molecular flexibility index (Phi) is 6.77. The third-order valence-corrected chi connectivity index (χ3v) is 11.2. The summed E-state index contributed by atoms with van der Waals surface area (Å²) in [6.45, 7) is 9.23. The van der Waals surface area contributed by atoms with Crippen LogP contribution < -0.4 is 0 Å². The topological polar surface area (TPSA) is 26.3 Å². The summed E-state index contributed by atoms with van der Waals surface area (Å²) in [5.74, 6) is 4.53. The minimum Gasteiger partial charge on any atom is -0.377 e. The van der Waals surface area contributed by atoms with Crippen LogP contribution in [-0.4, -0.2) is 12.4 Å². The van der Waals surface area contributed by atoms with Crippen LogP contribution >= 0.6 is 0 Å². The fourth-order valence-corrected chi connectivity index (χ4v) is 9.41. The smallest absolute Gasteiger partial charge is 0.136 e. The SMILES string of the molecule is CC(CCCOCc1ccccc1)[C@H]1CC[C@H]2[C@@H]3C(=O)CC4CCCC[C@]4(C)[C@H]3CC[C@]12C. The quantitative estimate of drug-likeness (QED) is 0.395. The molecule has 4 aliphatic carbocycles. The van der Waals surface area contributed by atoms with E-state index >= 15 is 0 Å². The van der Waals surface area contributed by atoms with Gasteiger partial charge in [-0.1, -0.05) is 63.9 Å². The van der Waals surface area contributed by atoms with Crippen molar-refractivity contribution in [2.75, 3.05) is 6.61 Å². The first-order valence-corrected chi connectivity index (χ1v) is 14.1. The molecular weight excluding hydrogens is 404 g/mol. The van der Waals surface area contributed by atoms with Gasteiger partial charge in [-0.2, -0.15) is 0 Å². The van der Waals surface area contributed by atoms with Crippen LogP contribution in [0.1, 0.15) is 97.0 Å². The van der Waals surface area contributed by atoms with Gasteiger partial charge in [-0.15, -0.1) is 0 Å². The fraction of sp³-hybridized carbons (Fsp3) is 0.774. The number of hydrogen-bond donors (Lipinski definition) is 0. The van der Waals surface area contributed by atoms with E-state index in [4.69, 9.17) is 4.74 Å². The van der Waals surface area contributed by atoms with Crippen LogP contribution in [0.15, 0.2) is 30.3 Å². The summed E-state index contributed by atoms with van der Waals surface area (Å²) in [5.41, 5.74) is 2.08. The lowest BCUT2D eigenvalue weighted by Crippen LogP contribution is -2.56. The molecule has 0 amide bonds. The van der Waals surface area contributed by atoms with Crippen molar-refractivity contribution in [2.45, 2.75) is 98.0 Å². The Hall–Kier alpha value is -1.15. The van der Waals surface area contributed by atoms with E-state index in [1.165, 1.54) is 63.4 Å². The van der Waals surface area contributed by atoms with E-state index in [2.05, 4.69) is 51.1 Å². The Labute approximate surface area is 202 Å². The lowest BCUT2D eigenvalue weighted by atomic mass is 9.44. The first-order chi connectivity index (χ1) is 15.9. The molecule has 0 N–H and O–H groups in total. The third kappa shape index (κ3) is 4.24. The second-order valence-electron chi connectivity index (χ2n) is 12.7. The molecule has 2 unspecified atom stereocenters. The lowest BCUT2D eigenvalue weighted by Gasteiger charge is -2.60. The van der Waals surface area contributed by atoms with Crippen LogP contribution in [0, 0.1) is 46.3 Å². The Morgan fingerprint density at radius 1 is 0.970 bits per heavy atom. The van der Waals surface area contributed by atoms with Crippen LogP contribution in [0.3, 0.4) is 0 Å². The standard InChI is InChI=1S/C31H46O2/c1-22(10-9-19-33-21-23-11-5-4-6-12-23)25-14-15-26-29-27(16-18-31(25,26)3)30(2)17-8-7-13-24(30)20-28(29)32/h4-6,11-12,22,24-27,29H,7-10,13-21H2,1-3H3/t22?,24?,25-,26+,27+,29+,30+,31-/m1/s1. The van der Waals surface area contributed by atoms with Crippen molar-refractivity contribution in [3.63, 3.8) is 0 Å². The first kappa shape index (κ1) is 23.6. The number of fused-ring (bicyclic) bond motifs is 5. The molecule has 5 rings (SSSR count). The zero-order valence-electron chi connectivity index (χ0n) is 21.4. The van der Waals surface area contributed by atoms with Gasteiger partial charge in [-0.25, -0.2) is 0 Å². The van der Waals surface area contributed by atoms with Crippen LogP contribution in [0.5, 0.6) is 0 Å². The molecule has 0 radical (unpaired) electrons. The van der Waals surface area contributed by atoms with E-state index in [1.807, 2.05) is 0 Å². The number of carbonyl (C=O) groups excluding carboxylic acids is 1. The Bertz CT molecular complexity index is 817. The third-order valence-electron chi connectivity index (χ3n) is 11.2. The monoisotopic (exact) mass is 450 g/mol. The van der Waals surface area contributed by atoms with E-state index in [-0.39, 0.29) is 0 Å². The molecule has 182 valence electrons. The van der Waals surface area contributed by atoms with Crippen LogP contribution in [0.25, 0.3) is 0 Å². The van der Waals surface area contributed by atoms with Crippen molar-refractivity contribution in [3.05, 3.63) is 35.9 Å². The molecule has 0 aromatic heterocycles. The van der Waals surface area contributed by atoms with Crippen molar-refractivity contribution in [1.29, 1.82) is 0 Å². The summed E-state index contributed by atoms with van der Waals surface area (Å²) in [6.07, 6.45) is 14.0.